The third kappa shape index (κ3) is 4.73. The number of nitro groups is 1. The van der Waals surface area contributed by atoms with Crippen molar-refractivity contribution in [1.82, 2.24) is 0 Å². The molecule has 1 N–H and O–H groups in total. The van der Waals surface area contributed by atoms with E-state index in [1.54, 1.807) is 6.07 Å². The topological polar surface area (TPSA) is 141 Å². The molecular weight excluding hydrogens is 370 g/mol. The van der Waals surface area contributed by atoms with Gasteiger partial charge in [0.25, 0.3) is 11.6 Å². The van der Waals surface area contributed by atoms with Crippen molar-refractivity contribution in [3.8, 4) is 17.6 Å². The molecule has 10 nitrogen and oxygen atoms in total. The third-order valence-electron chi connectivity index (χ3n) is 3.57. The maximum absolute atomic E-state index is 12.2. The van der Waals surface area contributed by atoms with Crippen LogP contribution in [0.4, 0.5) is 11.4 Å². The van der Waals surface area contributed by atoms with Crippen molar-refractivity contribution in [2.24, 2.45) is 0 Å². The van der Waals surface area contributed by atoms with E-state index in [1.807, 2.05) is 0 Å². The maximum Gasteiger partial charge on any atom is 0.342 e. The molecule has 28 heavy (non-hydrogen) atoms. The number of benzene rings is 2. The first-order valence-electron chi connectivity index (χ1n) is 7.77. The van der Waals surface area contributed by atoms with Crippen LogP contribution in [0.1, 0.15) is 15.9 Å². The first-order valence-corrected chi connectivity index (χ1v) is 7.77. The predicted molar refractivity (Wildman–Crippen MR) is 96.3 cm³/mol. The summed E-state index contributed by atoms with van der Waals surface area (Å²) in [5.41, 5.74) is -0.210. The molecule has 0 aliphatic rings. The Morgan fingerprint density at radius 3 is 2.54 bits per heavy atom. The van der Waals surface area contributed by atoms with Gasteiger partial charge in [0, 0.05) is 18.2 Å². The van der Waals surface area contributed by atoms with Gasteiger partial charge in [0.15, 0.2) is 6.61 Å². The molecule has 144 valence electrons. The monoisotopic (exact) mass is 385 g/mol. The van der Waals surface area contributed by atoms with Crippen LogP contribution < -0.4 is 14.8 Å². The molecule has 0 aromatic heterocycles. The lowest BCUT2D eigenvalue weighted by Crippen LogP contribution is -2.21. The van der Waals surface area contributed by atoms with Crippen LogP contribution in [0.25, 0.3) is 0 Å². The van der Waals surface area contributed by atoms with Gasteiger partial charge < -0.3 is 19.5 Å². The van der Waals surface area contributed by atoms with Crippen molar-refractivity contribution in [3.05, 3.63) is 57.6 Å². The minimum Gasteiger partial charge on any atom is -0.497 e. The molecule has 0 heterocycles. The Balaban J connectivity index is 2.04. The van der Waals surface area contributed by atoms with Crippen LogP contribution in [0.3, 0.4) is 0 Å². The van der Waals surface area contributed by atoms with E-state index in [-0.39, 0.29) is 28.3 Å². The summed E-state index contributed by atoms with van der Waals surface area (Å²) in [5, 5.41) is 22.2. The van der Waals surface area contributed by atoms with Gasteiger partial charge in [0.05, 0.1) is 30.4 Å². The Bertz CT molecular complexity index is 966. The highest BCUT2D eigenvalue weighted by Gasteiger charge is 2.17. The maximum atomic E-state index is 12.2. The molecule has 2 aromatic carbocycles. The van der Waals surface area contributed by atoms with E-state index < -0.39 is 23.4 Å². The molecule has 2 rings (SSSR count). The zero-order valence-electron chi connectivity index (χ0n) is 14.9. The van der Waals surface area contributed by atoms with Crippen LogP contribution in [0, 0.1) is 21.4 Å². The van der Waals surface area contributed by atoms with Crippen LogP contribution in [-0.4, -0.2) is 37.6 Å². The van der Waals surface area contributed by atoms with Crippen LogP contribution in [0.5, 0.6) is 11.5 Å². The fourth-order valence-electron chi connectivity index (χ4n) is 2.21. The van der Waals surface area contributed by atoms with Gasteiger partial charge in [-0.25, -0.2) is 4.79 Å². The van der Waals surface area contributed by atoms with E-state index in [0.29, 0.717) is 5.75 Å². The first-order chi connectivity index (χ1) is 13.4. The van der Waals surface area contributed by atoms with Crippen molar-refractivity contribution in [1.29, 1.82) is 5.26 Å². The van der Waals surface area contributed by atoms with Crippen LogP contribution in [0.2, 0.25) is 0 Å². The smallest absolute Gasteiger partial charge is 0.342 e. The summed E-state index contributed by atoms with van der Waals surface area (Å²) in [5.74, 6) is -0.815. The summed E-state index contributed by atoms with van der Waals surface area (Å²) in [6, 6.07) is 9.62. The molecule has 10 heteroatoms. The largest absolute Gasteiger partial charge is 0.497 e. The molecule has 0 aliphatic heterocycles. The SMILES string of the molecule is COc1ccc(C(=O)OCC(=O)Nc2ccc([N+](=O)[O-])cc2C#N)c(OC)c1. The van der Waals surface area contributed by atoms with Gasteiger partial charge in [-0.2, -0.15) is 5.26 Å². The van der Waals surface area contributed by atoms with Crippen LogP contribution in [0.15, 0.2) is 36.4 Å². The van der Waals surface area contributed by atoms with E-state index in [4.69, 9.17) is 19.5 Å². The second-order valence-corrected chi connectivity index (χ2v) is 5.29. The molecule has 2 aromatic rings. The fraction of sp³-hybridized carbons (Fsp3) is 0.167. The molecular formula is C18H15N3O7. The van der Waals surface area contributed by atoms with Crippen LogP contribution in [-0.2, 0) is 9.53 Å². The summed E-state index contributed by atoms with van der Waals surface area (Å²) in [4.78, 5) is 34.3. The summed E-state index contributed by atoms with van der Waals surface area (Å²) >= 11 is 0. The Labute approximate surface area is 159 Å². The predicted octanol–water partition coefficient (Wildman–Crippen LogP) is 2.28. The number of anilines is 1. The molecule has 0 aliphatic carbocycles. The third-order valence-corrected chi connectivity index (χ3v) is 3.57. The fourth-order valence-corrected chi connectivity index (χ4v) is 2.21. The van der Waals surface area contributed by atoms with Crippen molar-refractivity contribution in [2.45, 2.75) is 0 Å². The number of nitrogens with one attached hydrogen (secondary N) is 1. The van der Waals surface area contributed by atoms with Gasteiger partial charge in [-0.05, 0) is 18.2 Å². The molecule has 0 saturated heterocycles. The number of carbonyl (C=O) groups is 2. The summed E-state index contributed by atoms with van der Waals surface area (Å²) in [6.45, 7) is -0.629. The highest BCUT2D eigenvalue weighted by Crippen LogP contribution is 2.25. The summed E-state index contributed by atoms with van der Waals surface area (Å²) in [7, 11) is 2.83. The van der Waals surface area contributed by atoms with Crippen molar-refractivity contribution in [2.75, 3.05) is 26.1 Å². The lowest BCUT2D eigenvalue weighted by atomic mass is 10.1. The lowest BCUT2D eigenvalue weighted by molar-refractivity contribution is -0.384. The number of nitro benzene ring substituents is 1. The number of hydrogen-bond acceptors (Lipinski definition) is 8. The number of esters is 1. The van der Waals surface area contributed by atoms with Crippen LogP contribution >= 0.6 is 0 Å². The summed E-state index contributed by atoms with van der Waals surface area (Å²) < 4.78 is 15.1. The number of nitriles is 1. The van der Waals surface area contributed by atoms with E-state index >= 15 is 0 Å². The Morgan fingerprint density at radius 1 is 1.18 bits per heavy atom. The molecule has 0 fully saturated rings. The molecule has 0 atom stereocenters. The number of rotatable bonds is 7. The Hall–Kier alpha value is -4.13. The molecule has 0 saturated carbocycles. The number of ether oxygens (including phenoxy) is 3. The number of methoxy groups -OCH3 is 2. The highest BCUT2D eigenvalue weighted by molar-refractivity contribution is 5.97. The van der Waals surface area contributed by atoms with Gasteiger partial charge in [0.2, 0.25) is 0 Å². The zero-order chi connectivity index (χ0) is 20.7. The summed E-state index contributed by atoms with van der Waals surface area (Å²) in [6.07, 6.45) is 0. The van der Waals surface area contributed by atoms with Crippen molar-refractivity contribution in [3.63, 3.8) is 0 Å². The number of hydrogen-bond donors (Lipinski definition) is 1. The van der Waals surface area contributed by atoms with Gasteiger partial charge in [-0.3, -0.25) is 14.9 Å². The second kappa shape index (κ2) is 9.00. The van der Waals surface area contributed by atoms with Crippen molar-refractivity contribution >= 4 is 23.3 Å². The van der Waals surface area contributed by atoms with Gasteiger partial charge in [-0.15, -0.1) is 0 Å². The van der Waals surface area contributed by atoms with E-state index in [9.17, 15) is 19.7 Å². The Morgan fingerprint density at radius 2 is 1.93 bits per heavy atom. The molecule has 1 amide bonds. The van der Waals surface area contributed by atoms with Gasteiger partial charge in [-0.1, -0.05) is 0 Å². The average Bonchev–Trinajstić information content (AvgIpc) is 2.71. The lowest BCUT2D eigenvalue weighted by Gasteiger charge is -2.11. The van der Waals surface area contributed by atoms with E-state index in [2.05, 4.69) is 5.32 Å². The molecule has 0 radical (unpaired) electrons. The first kappa shape index (κ1) is 20.2. The highest BCUT2D eigenvalue weighted by atomic mass is 16.6. The minimum atomic E-state index is -0.793. The number of non-ortho nitro benzene ring substituents is 1. The standard InChI is InChI=1S/C18H15N3O7/c1-26-13-4-5-14(16(8-13)27-2)18(23)28-10-17(22)20-15-6-3-12(21(24)25)7-11(15)9-19/h3-8H,10H2,1-2H3,(H,20,22). The molecule has 0 spiro atoms. The Kier molecular flexibility index (Phi) is 6.49. The quantitative estimate of drug-likeness (QED) is 0.435. The zero-order valence-corrected chi connectivity index (χ0v) is 14.9. The normalized spacial score (nSPS) is 9.75. The van der Waals surface area contributed by atoms with Gasteiger partial charge in [0.1, 0.15) is 23.1 Å². The van der Waals surface area contributed by atoms with Gasteiger partial charge >= 0.3 is 5.97 Å². The molecule has 0 unspecified atom stereocenters. The minimum absolute atomic E-state index is 0.0659. The van der Waals surface area contributed by atoms with E-state index in [1.165, 1.54) is 38.5 Å². The second-order valence-electron chi connectivity index (χ2n) is 5.29. The number of carbonyl (C=O) groups excluding carboxylic acids is 2. The van der Waals surface area contributed by atoms with E-state index in [0.717, 1.165) is 12.1 Å². The number of nitrogens with zero attached hydrogens (tertiary/aromatic N) is 2. The number of amides is 1. The average molecular weight is 385 g/mol. The molecule has 0 bridgehead atoms. The van der Waals surface area contributed by atoms with Crippen molar-refractivity contribution < 1.29 is 28.7 Å².